The molecule has 0 heterocycles. The molecule has 0 saturated carbocycles. The summed E-state index contributed by atoms with van der Waals surface area (Å²) >= 11 is -1.99. The van der Waals surface area contributed by atoms with Crippen molar-refractivity contribution in [1.82, 2.24) is 0 Å². The number of hydrogen-bond donors (Lipinski definition) is 3. The van der Waals surface area contributed by atoms with E-state index in [0.717, 1.165) is 0 Å². The van der Waals surface area contributed by atoms with Gasteiger partial charge in [0.15, 0.2) is 11.1 Å². The highest BCUT2D eigenvalue weighted by atomic mass is 32.2. The van der Waals surface area contributed by atoms with Crippen molar-refractivity contribution in [2.24, 2.45) is 0 Å². The largest absolute Gasteiger partial charge is 0.399 e. The van der Waals surface area contributed by atoms with E-state index in [-0.39, 0.29) is 0 Å². The van der Waals surface area contributed by atoms with Gasteiger partial charge < -0.3 is 15.6 Å². The zero-order valence-electron chi connectivity index (χ0n) is 6.57. The summed E-state index contributed by atoms with van der Waals surface area (Å²) in [4.78, 5) is 0.303. The molecule has 0 fully saturated rings. The van der Waals surface area contributed by atoms with Crippen LogP contribution in [0.15, 0.2) is 23.1 Å². The van der Waals surface area contributed by atoms with Crippen molar-refractivity contribution in [2.75, 3.05) is 18.1 Å². The first-order valence-electron chi connectivity index (χ1n) is 3.33. The van der Waals surface area contributed by atoms with Gasteiger partial charge in [-0.1, -0.05) is 0 Å². The molecular weight excluding hydrogens is 176 g/mol. The number of nitrogen functional groups attached to an aromatic ring is 1. The van der Waals surface area contributed by atoms with Gasteiger partial charge in [0.05, 0.1) is 10.6 Å². The summed E-state index contributed by atoms with van der Waals surface area (Å²) in [5.74, 6) is 0. The molecule has 0 aliphatic rings. The number of anilines is 2. The SMILES string of the molecule is CNc1ccc(N)cc1S(=O)O. The molecule has 0 aliphatic heterocycles. The first kappa shape index (κ1) is 9.02. The van der Waals surface area contributed by atoms with E-state index < -0.39 is 11.1 Å². The molecule has 12 heavy (non-hydrogen) atoms. The highest BCUT2D eigenvalue weighted by Crippen LogP contribution is 2.20. The molecule has 0 aromatic heterocycles. The van der Waals surface area contributed by atoms with Crippen LogP contribution in [0, 0.1) is 0 Å². The summed E-state index contributed by atoms with van der Waals surface area (Å²) in [7, 11) is 1.68. The van der Waals surface area contributed by atoms with Crippen LogP contribution >= 0.6 is 0 Å². The third-order valence-corrected chi connectivity index (χ3v) is 2.18. The van der Waals surface area contributed by atoms with E-state index in [0.29, 0.717) is 16.3 Å². The Bertz CT molecular complexity index is 314. The van der Waals surface area contributed by atoms with Crippen LogP contribution in [0.25, 0.3) is 0 Å². The van der Waals surface area contributed by atoms with Crippen LogP contribution in [-0.4, -0.2) is 15.8 Å². The van der Waals surface area contributed by atoms with Crippen molar-refractivity contribution in [3.63, 3.8) is 0 Å². The van der Waals surface area contributed by atoms with E-state index in [4.69, 9.17) is 10.3 Å². The summed E-state index contributed by atoms with van der Waals surface area (Å²) in [5.41, 5.74) is 6.54. The first-order valence-corrected chi connectivity index (χ1v) is 4.44. The Morgan fingerprint density at radius 1 is 1.58 bits per heavy atom. The molecule has 0 bridgehead atoms. The highest BCUT2D eigenvalue weighted by molar-refractivity contribution is 7.79. The van der Waals surface area contributed by atoms with E-state index >= 15 is 0 Å². The second kappa shape index (κ2) is 3.55. The lowest BCUT2D eigenvalue weighted by Crippen LogP contribution is -1.98. The smallest absolute Gasteiger partial charge is 0.188 e. The van der Waals surface area contributed by atoms with Crippen LogP contribution in [0.3, 0.4) is 0 Å². The molecule has 4 N–H and O–H groups in total. The predicted molar refractivity (Wildman–Crippen MR) is 49.4 cm³/mol. The quantitative estimate of drug-likeness (QED) is 0.473. The topological polar surface area (TPSA) is 75.3 Å². The fourth-order valence-electron chi connectivity index (χ4n) is 0.890. The van der Waals surface area contributed by atoms with E-state index in [9.17, 15) is 4.21 Å². The van der Waals surface area contributed by atoms with Gasteiger partial charge in [0.1, 0.15) is 0 Å². The standard InChI is InChI=1S/C7H10N2O2S/c1-9-6-3-2-5(8)4-7(6)12(10)11/h2-4,9H,8H2,1H3,(H,10,11). The Kier molecular flexibility index (Phi) is 2.67. The molecule has 5 heteroatoms. The lowest BCUT2D eigenvalue weighted by atomic mass is 10.3. The van der Waals surface area contributed by atoms with Crippen molar-refractivity contribution in [1.29, 1.82) is 0 Å². The summed E-state index contributed by atoms with van der Waals surface area (Å²) in [6.45, 7) is 0. The minimum atomic E-state index is -1.99. The molecule has 0 saturated heterocycles. The summed E-state index contributed by atoms with van der Waals surface area (Å²) < 4.78 is 19.6. The summed E-state index contributed by atoms with van der Waals surface area (Å²) in [6.07, 6.45) is 0. The molecule has 1 atom stereocenters. The fraction of sp³-hybridized carbons (Fsp3) is 0.143. The number of benzene rings is 1. The van der Waals surface area contributed by atoms with Gasteiger partial charge in [-0.3, -0.25) is 0 Å². The van der Waals surface area contributed by atoms with Gasteiger partial charge in [0, 0.05) is 12.7 Å². The maximum Gasteiger partial charge on any atom is 0.188 e. The van der Waals surface area contributed by atoms with Gasteiger partial charge in [-0.2, -0.15) is 0 Å². The lowest BCUT2D eigenvalue weighted by molar-refractivity contribution is 0.565. The minimum Gasteiger partial charge on any atom is -0.399 e. The number of nitrogens with two attached hydrogens (primary N) is 1. The van der Waals surface area contributed by atoms with Gasteiger partial charge in [-0.05, 0) is 18.2 Å². The molecule has 0 radical (unpaired) electrons. The average Bonchev–Trinajstić information content (AvgIpc) is 2.04. The molecule has 0 amide bonds. The van der Waals surface area contributed by atoms with Gasteiger partial charge in [-0.25, -0.2) is 4.21 Å². The molecule has 1 unspecified atom stereocenters. The molecule has 0 aliphatic carbocycles. The van der Waals surface area contributed by atoms with Gasteiger partial charge in [0.25, 0.3) is 0 Å². The monoisotopic (exact) mass is 186 g/mol. The number of rotatable bonds is 2. The molecule has 1 aromatic rings. The maximum absolute atomic E-state index is 10.7. The van der Waals surface area contributed by atoms with Gasteiger partial charge in [0.2, 0.25) is 0 Å². The Morgan fingerprint density at radius 2 is 2.25 bits per heavy atom. The van der Waals surface area contributed by atoms with Crippen molar-refractivity contribution in [3.8, 4) is 0 Å². The molecule has 0 spiro atoms. The second-order valence-corrected chi connectivity index (χ2v) is 3.19. The molecule has 1 rings (SSSR count). The third kappa shape index (κ3) is 1.75. The van der Waals surface area contributed by atoms with Crippen LogP contribution in [-0.2, 0) is 11.1 Å². The molecular formula is C7H10N2O2S. The average molecular weight is 186 g/mol. The predicted octanol–water partition coefficient (Wildman–Crippen LogP) is 0.891. The van der Waals surface area contributed by atoms with E-state index in [2.05, 4.69) is 5.32 Å². The van der Waals surface area contributed by atoms with Crippen LogP contribution in [0.2, 0.25) is 0 Å². The van der Waals surface area contributed by atoms with Crippen molar-refractivity contribution < 1.29 is 8.76 Å². The van der Waals surface area contributed by atoms with Gasteiger partial charge in [-0.15, -0.1) is 0 Å². The lowest BCUT2D eigenvalue weighted by Gasteiger charge is -2.05. The fourth-order valence-corrected chi connectivity index (χ4v) is 1.49. The zero-order valence-corrected chi connectivity index (χ0v) is 7.39. The van der Waals surface area contributed by atoms with Crippen LogP contribution in [0.4, 0.5) is 11.4 Å². The normalized spacial score (nSPS) is 12.5. The van der Waals surface area contributed by atoms with Crippen LogP contribution in [0.1, 0.15) is 0 Å². The number of nitrogens with one attached hydrogen (secondary N) is 1. The summed E-state index contributed by atoms with van der Waals surface area (Å²) in [6, 6.07) is 4.81. The van der Waals surface area contributed by atoms with E-state index in [1.54, 1.807) is 19.2 Å². The molecule has 4 nitrogen and oxygen atoms in total. The van der Waals surface area contributed by atoms with Crippen molar-refractivity contribution in [2.45, 2.75) is 4.90 Å². The highest BCUT2D eigenvalue weighted by Gasteiger charge is 2.06. The van der Waals surface area contributed by atoms with E-state index in [1.165, 1.54) is 6.07 Å². The Morgan fingerprint density at radius 3 is 2.75 bits per heavy atom. The zero-order chi connectivity index (χ0) is 9.14. The Labute approximate surface area is 73.1 Å². The van der Waals surface area contributed by atoms with Crippen molar-refractivity contribution >= 4 is 22.5 Å². The van der Waals surface area contributed by atoms with Crippen LogP contribution in [0.5, 0.6) is 0 Å². The third-order valence-electron chi connectivity index (χ3n) is 1.46. The van der Waals surface area contributed by atoms with Gasteiger partial charge >= 0.3 is 0 Å². The molecule has 1 aromatic carbocycles. The Balaban J connectivity index is 3.21. The minimum absolute atomic E-state index is 0.303. The first-order chi connectivity index (χ1) is 5.65. The molecule has 66 valence electrons. The number of hydrogen-bond acceptors (Lipinski definition) is 3. The van der Waals surface area contributed by atoms with Crippen molar-refractivity contribution in [3.05, 3.63) is 18.2 Å². The second-order valence-electron chi connectivity index (χ2n) is 2.25. The Hall–Kier alpha value is -1.07. The maximum atomic E-state index is 10.7. The van der Waals surface area contributed by atoms with Crippen LogP contribution < -0.4 is 11.1 Å². The summed E-state index contributed by atoms with van der Waals surface area (Å²) in [5, 5.41) is 2.80. The van der Waals surface area contributed by atoms with E-state index in [1.807, 2.05) is 0 Å².